The molecule has 5 heteroatoms. The summed E-state index contributed by atoms with van der Waals surface area (Å²) in [6.07, 6.45) is -2.08. The van der Waals surface area contributed by atoms with Gasteiger partial charge in [0.1, 0.15) is 0 Å². The molecule has 88 valence electrons. The largest absolute Gasteiger partial charge is 0.458 e. The van der Waals surface area contributed by atoms with Gasteiger partial charge in [0.25, 0.3) is 0 Å². The Bertz CT molecular complexity index is 215. The van der Waals surface area contributed by atoms with Crippen LogP contribution in [0.1, 0.15) is 34.6 Å². The van der Waals surface area contributed by atoms with Crippen LogP contribution in [0.5, 0.6) is 0 Å². The molecule has 0 saturated carbocycles. The lowest BCUT2D eigenvalue weighted by Gasteiger charge is -2.32. The van der Waals surface area contributed by atoms with Gasteiger partial charge in [-0.2, -0.15) is 0 Å². The van der Waals surface area contributed by atoms with E-state index in [0.717, 1.165) is 0 Å². The van der Waals surface area contributed by atoms with E-state index < -0.39 is 30.7 Å². The molecular weight excluding hydrogens is 201 g/mol. The van der Waals surface area contributed by atoms with Gasteiger partial charge in [0.2, 0.25) is 6.43 Å². The molecule has 1 aliphatic heterocycles. The molecule has 0 aromatic carbocycles. The average Bonchev–Trinajstić information content (AvgIpc) is 2.19. The Labute approximate surface area is 90.5 Å². The van der Waals surface area contributed by atoms with Crippen LogP contribution in [0.4, 0.5) is 8.78 Å². The van der Waals surface area contributed by atoms with Gasteiger partial charge in [0, 0.05) is 5.92 Å². The van der Waals surface area contributed by atoms with Crippen molar-refractivity contribution in [1.29, 1.82) is 0 Å². The highest BCUT2D eigenvalue weighted by molar-refractivity contribution is 6.45. The van der Waals surface area contributed by atoms with Crippen molar-refractivity contribution in [2.45, 2.75) is 58.6 Å². The Morgan fingerprint density at radius 2 is 1.47 bits per heavy atom. The molecule has 0 radical (unpaired) electrons. The van der Waals surface area contributed by atoms with E-state index in [1.54, 1.807) is 0 Å². The van der Waals surface area contributed by atoms with Gasteiger partial charge >= 0.3 is 7.12 Å². The van der Waals surface area contributed by atoms with Gasteiger partial charge in [-0.25, -0.2) is 8.78 Å². The molecule has 1 unspecified atom stereocenters. The summed E-state index contributed by atoms with van der Waals surface area (Å²) in [6.45, 7) is 9.18. The summed E-state index contributed by atoms with van der Waals surface area (Å²) in [6, 6.07) is 0. The third-order valence-corrected chi connectivity index (χ3v) is 3.30. The molecular formula is C10H19BF2O2. The summed E-state index contributed by atoms with van der Waals surface area (Å²) in [5, 5.41) is 0. The zero-order valence-electron chi connectivity index (χ0n) is 10.0. The minimum atomic E-state index is -2.32. The van der Waals surface area contributed by atoms with E-state index >= 15 is 0 Å². The Hall–Kier alpha value is -0.155. The standard InChI is InChI=1S/C10H19BF2O2/c1-7(8(12)13)6-11-14-9(2,3)10(4,5)15-11/h7-8H,6H2,1-5H3. The lowest BCUT2D eigenvalue weighted by molar-refractivity contribution is 0.00578. The van der Waals surface area contributed by atoms with Crippen LogP contribution in [0.15, 0.2) is 0 Å². The fraction of sp³-hybridized carbons (Fsp3) is 1.00. The van der Waals surface area contributed by atoms with Crippen molar-refractivity contribution in [1.82, 2.24) is 0 Å². The lowest BCUT2D eigenvalue weighted by Crippen LogP contribution is -2.41. The first-order valence-corrected chi connectivity index (χ1v) is 5.29. The summed E-state index contributed by atoms with van der Waals surface area (Å²) < 4.78 is 36.0. The van der Waals surface area contributed by atoms with Crippen LogP contribution in [-0.2, 0) is 9.31 Å². The molecule has 1 fully saturated rings. The van der Waals surface area contributed by atoms with E-state index in [4.69, 9.17) is 9.31 Å². The maximum atomic E-state index is 12.4. The second-order valence-electron chi connectivity index (χ2n) is 5.23. The molecule has 0 aromatic heterocycles. The molecule has 15 heavy (non-hydrogen) atoms. The predicted octanol–water partition coefficient (Wildman–Crippen LogP) is 2.98. The molecule has 0 aromatic rings. The van der Waals surface area contributed by atoms with Gasteiger partial charge in [-0.1, -0.05) is 6.92 Å². The summed E-state index contributed by atoms with van der Waals surface area (Å²) >= 11 is 0. The van der Waals surface area contributed by atoms with Crippen molar-refractivity contribution in [3.8, 4) is 0 Å². The van der Waals surface area contributed by atoms with Crippen LogP contribution in [0.25, 0.3) is 0 Å². The average molecular weight is 220 g/mol. The highest BCUT2D eigenvalue weighted by Gasteiger charge is 2.51. The quantitative estimate of drug-likeness (QED) is 0.680. The van der Waals surface area contributed by atoms with Crippen LogP contribution in [0, 0.1) is 5.92 Å². The minimum absolute atomic E-state index is 0.241. The molecule has 0 bridgehead atoms. The van der Waals surface area contributed by atoms with Crippen molar-refractivity contribution in [3.63, 3.8) is 0 Å². The van der Waals surface area contributed by atoms with E-state index in [0.29, 0.717) is 0 Å². The zero-order chi connectivity index (χ0) is 11.9. The maximum absolute atomic E-state index is 12.4. The van der Waals surface area contributed by atoms with Gasteiger partial charge < -0.3 is 9.31 Å². The second-order valence-corrected chi connectivity index (χ2v) is 5.23. The fourth-order valence-corrected chi connectivity index (χ4v) is 1.47. The summed E-state index contributed by atoms with van der Waals surface area (Å²) in [7, 11) is -0.515. The number of hydrogen-bond donors (Lipinski definition) is 0. The summed E-state index contributed by atoms with van der Waals surface area (Å²) in [5.41, 5.74) is -0.862. The molecule has 2 nitrogen and oxygen atoms in total. The van der Waals surface area contributed by atoms with Crippen LogP contribution in [0.3, 0.4) is 0 Å². The smallest absolute Gasteiger partial charge is 0.403 e. The van der Waals surface area contributed by atoms with E-state index in [2.05, 4.69) is 0 Å². The minimum Gasteiger partial charge on any atom is -0.403 e. The SMILES string of the molecule is CC(CB1OC(C)(C)C(C)(C)O1)C(F)F. The Morgan fingerprint density at radius 1 is 1.07 bits per heavy atom. The highest BCUT2D eigenvalue weighted by Crippen LogP contribution is 2.38. The Morgan fingerprint density at radius 3 is 1.80 bits per heavy atom. The molecule has 0 N–H and O–H groups in total. The molecule has 1 aliphatic rings. The van der Waals surface area contributed by atoms with Crippen molar-refractivity contribution < 1.29 is 18.1 Å². The Balaban J connectivity index is 2.56. The number of alkyl halides is 2. The van der Waals surface area contributed by atoms with E-state index in [-0.39, 0.29) is 6.32 Å². The van der Waals surface area contributed by atoms with E-state index in [9.17, 15) is 8.78 Å². The molecule has 0 amide bonds. The zero-order valence-corrected chi connectivity index (χ0v) is 10.0. The molecule has 1 saturated heterocycles. The summed E-state index contributed by atoms with van der Waals surface area (Å²) in [4.78, 5) is 0. The fourth-order valence-electron chi connectivity index (χ4n) is 1.47. The van der Waals surface area contributed by atoms with Crippen LogP contribution >= 0.6 is 0 Å². The third kappa shape index (κ3) is 2.70. The number of hydrogen-bond acceptors (Lipinski definition) is 2. The van der Waals surface area contributed by atoms with Gasteiger partial charge in [-0.05, 0) is 34.0 Å². The highest BCUT2D eigenvalue weighted by atomic mass is 19.3. The lowest BCUT2D eigenvalue weighted by atomic mass is 9.78. The van der Waals surface area contributed by atoms with E-state index in [1.165, 1.54) is 6.92 Å². The molecule has 0 spiro atoms. The molecule has 0 aliphatic carbocycles. The second kappa shape index (κ2) is 4.02. The summed E-state index contributed by atoms with van der Waals surface area (Å²) in [5.74, 6) is -0.695. The maximum Gasteiger partial charge on any atom is 0.458 e. The molecule has 1 atom stereocenters. The van der Waals surface area contributed by atoms with Gasteiger partial charge in [0.05, 0.1) is 11.2 Å². The topological polar surface area (TPSA) is 18.5 Å². The third-order valence-electron chi connectivity index (χ3n) is 3.30. The molecule has 1 rings (SSSR count). The normalized spacial score (nSPS) is 26.0. The van der Waals surface area contributed by atoms with Crippen molar-refractivity contribution in [2.75, 3.05) is 0 Å². The van der Waals surface area contributed by atoms with Gasteiger partial charge in [-0.3, -0.25) is 0 Å². The van der Waals surface area contributed by atoms with Gasteiger partial charge in [-0.15, -0.1) is 0 Å². The van der Waals surface area contributed by atoms with Crippen molar-refractivity contribution in [2.24, 2.45) is 5.92 Å². The Kier molecular flexibility index (Phi) is 3.46. The predicted molar refractivity (Wildman–Crippen MR) is 56.1 cm³/mol. The molecule has 1 heterocycles. The van der Waals surface area contributed by atoms with Gasteiger partial charge in [0.15, 0.2) is 0 Å². The first-order valence-electron chi connectivity index (χ1n) is 5.29. The first kappa shape index (κ1) is 12.9. The first-order chi connectivity index (χ1) is 6.66. The number of rotatable bonds is 3. The van der Waals surface area contributed by atoms with Crippen LogP contribution in [-0.4, -0.2) is 24.7 Å². The van der Waals surface area contributed by atoms with Crippen molar-refractivity contribution in [3.05, 3.63) is 0 Å². The monoisotopic (exact) mass is 220 g/mol. The van der Waals surface area contributed by atoms with Crippen LogP contribution < -0.4 is 0 Å². The van der Waals surface area contributed by atoms with E-state index in [1.807, 2.05) is 27.7 Å². The van der Waals surface area contributed by atoms with Crippen LogP contribution in [0.2, 0.25) is 6.32 Å². The van der Waals surface area contributed by atoms with Crippen molar-refractivity contribution >= 4 is 7.12 Å². The number of halogens is 2.